The summed E-state index contributed by atoms with van der Waals surface area (Å²) in [6.07, 6.45) is 1.78. The molecule has 3 rings (SSSR count). The molecule has 2 aliphatic heterocycles. The first kappa shape index (κ1) is 19.1. The molecule has 6 heteroatoms. The third kappa shape index (κ3) is 3.89. The van der Waals surface area contributed by atoms with Crippen molar-refractivity contribution >= 4 is 17.7 Å². The summed E-state index contributed by atoms with van der Waals surface area (Å²) >= 11 is 0. The maximum Gasteiger partial charge on any atom is 0.246 e. The van der Waals surface area contributed by atoms with Crippen molar-refractivity contribution in [3.63, 3.8) is 0 Å². The Morgan fingerprint density at radius 1 is 1.04 bits per heavy atom. The lowest BCUT2D eigenvalue weighted by Gasteiger charge is -2.41. The second-order valence-corrected chi connectivity index (χ2v) is 7.46. The molecular weight excluding hydrogens is 342 g/mol. The van der Waals surface area contributed by atoms with E-state index in [4.69, 9.17) is 0 Å². The molecule has 1 atom stereocenters. The first-order chi connectivity index (χ1) is 12.9. The summed E-state index contributed by atoms with van der Waals surface area (Å²) in [6, 6.07) is 7.41. The van der Waals surface area contributed by atoms with Gasteiger partial charge in [-0.3, -0.25) is 14.4 Å². The SMILES string of the molecule is C=CC(=O)N1Cc2ccccc2C[C@H]1C(=O)N1CCN(C(=O)C(C)C)CC1. The quantitative estimate of drug-likeness (QED) is 0.758. The van der Waals surface area contributed by atoms with E-state index in [2.05, 4.69) is 6.58 Å². The van der Waals surface area contributed by atoms with Gasteiger partial charge in [-0.2, -0.15) is 0 Å². The summed E-state index contributed by atoms with van der Waals surface area (Å²) in [5.74, 6) is -0.187. The van der Waals surface area contributed by atoms with Crippen LogP contribution in [-0.4, -0.2) is 64.6 Å². The first-order valence-electron chi connectivity index (χ1n) is 9.49. The number of fused-ring (bicyclic) bond motifs is 1. The van der Waals surface area contributed by atoms with Crippen LogP contribution in [0, 0.1) is 5.92 Å². The van der Waals surface area contributed by atoms with Crippen LogP contribution in [0.2, 0.25) is 0 Å². The third-order valence-electron chi connectivity index (χ3n) is 5.39. The van der Waals surface area contributed by atoms with Crippen molar-refractivity contribution in [3.05, 3.63) is 48.0 Å². The maximum atomic E-state index is 13.2. The Labute approximate surface area is 160 Å². The minimum atomic E-state index is -0.516. The molecule has 0 aromatic heterocycles. The van der Waals surface area contributed by atoms with E-state index in [1.807, 2.05) is 43.0 Å². The number of carbonyl (C=O) groups excluding carboxylic acids is 3. The summed E-state index contributed by atoms with van der Waals surface area (Å²) in [7, 11) is 0. The van der Waals surface area contributed by atoms with E-state index in [0.717, 1.165) is 11.1 Å². The minimum Gasteiger partial charge on any atom is -0.339 e. The van der Waals surface area contributed by atoms with Gasteiger partial charge in [0.15, 0.2) is 0 Å². The number of nitrogens with zero attached hydrogens (tertiary/aromatic N) is 3. The maximum absolute atomic E-state index is 13.2. The van der Waals surface area contributed by atoms with Gasteiger partial charge in [-0.15, -0.1) is 0 Å². The van der Waals surface area contributed by atoms with Crippen molar-refractivity contribution in [2.75, 3.05) is 26.2 Å². The lowest BCUT2D eigenvalue weighted by molar-refractivity contribution is -0.148. The van der Waals surface area contributed by atoms with Crippen LogP contribution in [0.15, 0.2) is 36.9 Å². The Morgan fingerprint density at radius 3 is 2.22 bits per heavy atom. The molecule has 0 unspecified atom stereocenters. The summed E-state index contributed by atoms with van der Waals surface area (Å²) < 4.78 is 0. The highest BCUT2D eigenvalue weighted by Crippen LogP contribution is 2.25. The molecule has 3 amide bonds. The van der Waals surface area contributed by atoms with Crippen molar-refractivity contribution in [1.82, 2.24) is 14.7 Å². The van der Waals surface area contributed by atoms with Gasteiger partial charge in [-0.25, -0.2) is 0 Å². The Kier molecular flexibility index (Phi) is 5.63. The van der Waals surface area contributed by atoms with Crippen LogP contribution < -0.4 is 0 Å². The van der Waals surface area contributed by atoms with E-state index >= 15 is 0 Å². The number of carbonyl (C=O) groups is 3. The lowest BCUT2D eigenvalue weighted by atomic mass is 9.93. The second-order valence-electron chi connectivity index (χ2n) is 7.46. The van der Waals surface area contributed by atoms with Gasteiger partial charge in [0.1, 0.15) is 6.04 Å². The number of benzene rings is 1. The van der Waals surface area contributed by atoms with Gasteiger partial charge >= 0.3 is 0 Å². The van der Waals surface area contributed by atoms with Crippen LogP contribution in [0.4, 0.5) is 0 Å². The Balaban J connectivity index is 1.74. The van der Waals surface area contributed by atoms with Crippen molar-refractivity contribution in [1.29, 1.82) is 0 Å². The van der Waals surface area contributed by atoms with Gasteiger partial charge < -0.3 is 14.7 Å². The molecule has 144 valence electrons. The van der Waals surface area contributed by atoms with Crippen LogP contribution in [0.5, 0.6) is 0 Å². The fraction of sp³-hybridized carbons (Fsp3) is 0.476. The summed E-state index contributed by atoms with van der Waals surface area (Å²) in [5.41, 5.74) is 2.18. The monoisotopic (exact) mass is 369 g/mol. The predicted octanol–water partition coefficient (Wildman–Crippen LogP) is 1.45. The highest BCUT2D eigenvalue weighted by molar-refractivity contribution is 5.93. The molecule has 6 nitrogen and oxygen atoms in total. The van der Waals surface area contributed by atoms with E-state index in [9.17, 15) is 14.4 Å². The number of hydrogen-bond acceptors (Lipinski definition) is 3. The lowest BCUT2D eigenvalue weighted by Crippen LogP contribution is -2.58. The van der Waals surface area contributed by atoms with E-state index in [0.29, 0.717) is 39.1 Å². The average Bonchev–Trinajstić information content (AvgIpc) is 2.71. The van der Waals surface area contributed by atoms with Gasteiger partial charge in [0, 0.05) is 45.1 Å². The molecule has 0 saturated carbocycles. The van der Waals surface area contributed by atoms with Gasteiger partial charge in [-0.1, -0.05) is 44.7 Å². The first-order valence-corrected chi connectivity index (χ1v) is 9.49. The van der Waals surface area contributed by atoms with Crippen molar-refractivity contribution in [3.8, 4) is 0 Å². The number of amides is 3. The molecule has 0 N–H and O–H groups in total. The van der Waals surface area contributed by atoms with E-state index in [1.54, 1.807) is 9.80 Å². The predicted molar refractivity (Wildman–Crippen MR) is 103 cm³/mol. The van der Waals surface area contributed by atoms with Crippen molar-refractivity contribution < 1.29 is 14.4 Å². The summed E-state index contributed by atoms with van der Waals surface area (Å²) in [5, 5.41) is 0. The Bertz CT molecular complexity index is 751. The smallest absolute Gasteiger partial charge is 0.246 e. The van der Waals surface area contributed by atoms with Crippen LogP contribution in [0.3, 0.4) is 0 Å². The molecule has 2 aliphatic rings. The molecule has 1 saturated heterocycles. The largest absolute Gasteiger partial charge is 0.339 e. The van der Waals surface area contributed by atoms with Crippen LogP contribution in [0.1, 0.15) is 25.0 Å². The molecular formula is C21H27N3O3. The minimum absolute atomic E-state index is 0.0391. The van der Waals surface area contributed by atoms with Gasteiger partial charge in [0.25, 0.3) is 0 Å². The third-order valence-corrected chi connectivity index (χ3v) is 5.39. The Hall–Kier alpha value is -2.63. The van der Waals surface area contributed by atoms with E-state index < -0.39 is 6.04 Å². The topological polar surface area (TPSA) is 60.9 Å². The number of hydrogen-bond donors (Lipinski definition) is 0. The standard InChI is InChI=1S/C21H27N3O3/c1-4-19(25)24-14-17-8-6-5-7-16(17)13-18(24)21(27)23-11-9-22(10-12-23)20(26)15(2)3/h4-8,15,18H,1,9-14H2,2-3H3/t18-/m0/s1. The van der Waals surface area contributed by atoms with E-state index in [1.165, 1.54) is 6.08 Å². The second kappa shape index (κ2) is 7.94. The zero-order valence-electron chi connectivity index (χ0n) is 16.1. The molecule has 1 aromatic carbocycles. The zero-order valence-corrected chi connectivity index (χ0v) is 16.1. The molecule has 0 radical (unpaired) electrons. The number of piperazine rings is 1. The van der Waals surface area contributed by atoms with Crippen LogP contribution >= 0.6 is 0 Å². The van der Waals surface area contributed by atoms with Gasteiger partial charge in [0.05, 0.1) is 0 Å². The van der Waals surface area contributed by atoms with Crippen molar-refractivity contribution in [2.24, 2.45) is 5.92 Å². The van der Waals surface area contributed by atoms with Crippen LogP contribution in [0.25, 0.3) is 0 Å². The molecule has 0 aliphatic carbocycles. The highest BCUT2D eigenvalue weighted by atomic mass is 16.2. The van der Waals surface area contributed by atoms with Crippen molar-refractivity contribution in [2.45, 2.75) is 32.9 Å². The van der Waals surface area contributed by atoms with Crippen LogP contribution in [-0.2, 0) is 27.3 Å². The fourth-order valence-electron chi connectivity index (χ4n) is 3.82. The Morgan fingerprint density at radius 2 is 1.63 bits per heavy atom. The highest BCUT2D eigenvalue weighted by Gasteiger charge is 2.37. The molecule has 0 bridgehead atoms. The molecule has 1 aromatic rings. The van der Waals surface area contributed by atoms with Gasteiger partial charge in [-0.05, 0) is 17.2 Å². The molecule has 1 fully saturated rings. The van der Waals surface area contributed by atoms with Gasteiger partial charge in [0.2, 0.25) is 17.7 Å². The average molecular weight is 369 g/mol. The summed E-state index contributed by atoms with van der Waals surface area (Å²) in [4.78, 5) is 42.9. The molecule has 2 heterocycles. The molecule has 0 spiro atoms. The fourth-order valence-corrected chi connectivity index (χ4v) is 3.82. The number of rotatable bonds is 3. The zero-order chi connectivity index (χ0) is 19.6. The summed E-state index contributed by atoms with van der Waals surface area (Å²) in [6.45, 7) is 9.87. The molecule has 27 heavy (non-hydrogen) atoms. The van der Waals surface area contributed by atoms with E-state index in [-0.39, 0.29) is 23.6 Å². The normalized spacial score (nSPS) is 19.7.